The molecule has 0 aliphatic carbocycles. The molecule has 178 valence electrons. The van der Waals surface area contributed by atoms with Crippen molar-refractivity contribution in [2.45, 2.75) is 38.4 Å². The van der Waals surface area contributed by atoms with E-state index in [9.17, 15) is 22.8 Å². The number of nitriles is 1. The lowest BCUT2D eigenvalue weighted by Gasteiger charge is -2.40. The zero-order valence-electron chi connectivity index (χ0n) is 18.6. The van der Waals surface area contributed by atoms with Crippen LogP contribution in [0.25, 0.3) is 0 Å². The smallest absolute Gasteiger partial charge is 0.371 e. The van der Waals surface area contributed by atoms with Crippen LogP contribution in [-0.2, 0) is 11.0 Å². The van der Waals surface area contributed by atoms with Crippen LogP contribution in [0.2, 0.25) is 0 Å². The number of alkyl halides is 3. The number of benzene rings is 1. The van der Waals surface area contributed by atoms with Gasteiger partial charge in [0.2, 0.25) is 5.91 Å². The maximum Gasteiger partial charge on any atom is 0.417 e. The zero-order valence-corrected chi connectivity index (χ0v) is 18.6. The second-order valence-corrected chi connectivity index (χ2v) is 9.05. The molecule has 1 spiro atoms. The number of nitrogens with zero attached hydrogens (tertiary/aromatic N) is 4. The van der Waals surface area contributed by atoms with E-state index in [-0.39, 0.29) is 17.0 Å². The molecular weight excluding hydrogens is 447 g/mol. The highest BCUT2D eigenvalue weighted by Gasteiger charge is 2.49. The fraction of sp³-hybridized carbons (Fsp3) is 0.417. The van der Waals surface area contributed by atoms with E-state index in [4.69, 9.17) is 11.0 Å². The number of pyridine rings is 1. The topological polar surface area (TPSA) is 103 Å². The molecule has 2 amide bonds. The van der Waals surface area contributed by atoms with E-state index in [2.05, 4.69) is 4.98 Å². The van der Waals surface area contributed by atoms with Crippen LogP contribution in [0.5, 0.6) is 0 Å². The van der Waals surface area contributed by atoms with Crippen molar-refractivity contribution in [3.63, 3.8) is 0 Å². The van der Waals surface area contributed by atoms with E-state index in [1.54, 1.807) is 31.2 Å². The van der Waals surface area contributed by atoms with E-state index < -0.39 is 29.3 Å². The van der Waals surface area contributed by atoms with Gasteiger partial charge in [0.05, 0.1) is 17.2 Å². The molecule has 1 aromatic heterocycles. The maximum absolute atomic E-state index is 13.4. The predicted molar refractivity (Wildman–Crippen MR) is 118 cm³/mol. The van der Waals surface area contributed by atoms with Crippen molar-refractivity contribution < 1.29 is 22.8 Å². The summed E-state index contributed by atoms with van der Waals surface area (Å²) in [5.74, 6) is -0.934. The van der Waals surface area contributed by atoms with Gasteiger partial charge in [-0.25, -0.2) is 4.98 Å². The van der Waals surface area contributed by atoms with Crippen LogP contribution >= 0.6 is 0 Å². The number of rotatable bonds is 3. The van der Waals surface area contributed by atoms with Crippen molar-refractivity contribution in [3.05, 3.63) is 58.9 Å². The standard InChI is InChI=1S/C24H24F3N5O2/c1-15-3-2-4-19(30-15)22(34)32-14-23(12-20(32)21(29)33)7-9-31(10-8-23)17-6-5-16(13-28)18(11-17)24(25,26)27/h2-6,11,20H,7-10,12,14H2,1H3,(H2,29,33). The first-order valence-electron chi connectivity index (χ1n) is 10.9. The molecule has 0 saturated carbocycles. The SMILES string of the molecule is Cc1cccc(C(=O)N2CC3(CCN(c4ccc(C#N)c(C(F)(F)F)c4)CC3)CC2C(N)=O)n1. The molecule has 2 aliphatic rings. The number of likely N-dealkylation sites (tertiary alicyclic amines) is 1. The minimum absolute atomic E-state index is 0.248. The number of aryl methyl sites for hydroxylation is 1. The summed E-state index contributed by atoms with van der Waals surface area (Å²) < 4.78 is 40.1. The Bertz CT molecular complexity index is 1170. The van der Waals surface area contributed by atoms with Crippen molar-refractivity contribution in [2.24, 2.45) is 11.1 Å². The average Bonchev–Trinajstić information content (AvgIpc) is 3.17. The van der Waals surface area contributed by atoms with Crippen LogP contribution in [-0.4, -0.2) is 47.4 Å². The van der Waals surface area contributed by atoms with Gasteiger partial charge in [0.1, 0.15) is 11.7 Å². The van der Waals surface area contributed by atoms with Crippen LogP contribution in [0.1, 0.15) is 46.6 Å². The van der Waals surface area contributed by atoms with Crippen molar-refractivity contribution in [2.75, 3.05) is 24.5 Å². The molecule has 2 saturated heterocycles. The minimum atomic E-state index is -4.62. The summed E-state index contributed by atoms with van der Waals surface area (Å²) in [4.78, 5) is 32.9. The van der Waals surface area contributed by atoms with Gasteiger partial charge in [-0.15, -0.1) is 0 Å². The van der Waals surface area contributed by atoms with E-state index in [0.29, 0.717) is 50.3 Å². The number of halogens is 3. The van der Waals surface area contributed by atoms with Gasteiger partial charge >= 0.3 is 6.18 Å². The van der Waals surface area contributed by atoms with Crippen molar-refractivity contribution in [3.8, 4) is 6.07 Å². The first kappa shape index (κ1) is 23.5. The number of carbonyl (C=O) groups excluding carboxylic acids is 2. The lowest BCUT2D eigenvalue weighted by atomic mass is 9.76. The van der Waals surface area contributed by atoms with E-state index >= 15 is 0 Å². The Morgan fingerprint density at radius 2 is 1.91 bits per heavy atom. The molecule has 2 aliphatic heterocycles. The summed E-state index contributed by atoms with van der Waals surface area (Å²) in [6.45, 7) is 3.03. The van der Waals surface area contributed by atoms with Gasteiger partial charge in [-0.2, -0.15) is 18.4 Å². The number of nitrogens with two attached hydrogens (primary N) is 1. The highest BCUT2D eigenvalue weighted by atomic mass is 19.4. The van der Waals surface area contributed by atoms with Gasteiger partial charge in [0.25, 0.3) is 5.91 Å². The molecular formula is C24H24F3N5O2. The molecule has 4 rings (SSSR count). The predicted octanol–water partition coefficient (Wildman–Crippen LogP) is 3.27. The first-order valence-corrected chi connectivity index (χ1v) is 10.9. The van der Waals surface area contributed by atoms with Gasteiger partial charge in [-0.1, -0.05) is 6.07 Å². The Balaban J connectivity index is 1.52. The van der Waals surface area contributed by atoms with Gasteiger partial charge in [0.15, 0.2) is 0 Å². The lowest BCUT2D eigenvalue weighted by Crippen LogP contribution is -2.44. The monoisotopic (exact) mass is 471 g/mol. The normalized spacial score (nSPS) is 19.8. The molecule has 7 nitrogen and oxygen atoms in total. The molecule has 1 unspecified atom stereocenters. The van der Waals surface area contributed by atoms with Crippen LogP contribution in [0, 0.1) is 23.7 Å². The molecule has 0 bridgehead atoms. The van der Waals surface area contributed by atoms with E-state index in [0.717, 1.165) is 6.07 Å². The molecule has 3 heterocycles. The van der Waals surface area contributed by atoms with Gasteiger partial charge in [0, 0.05) is 31.0 Å². The molecule has 1 aromatic carbocycles. The summed E-state index contributed by atoms with van der Waals surface area (Å²) in [5.41, 5.74) is 5.24. The molecule has 2 aromatic rings. The second kappa shape index (κ2) is 8.63. The molecule has 10 heteroatoms. The fourth-order valence-corrected chi connectivity index (χ4v) is 5.00. The number of carbonyl (C=O) groups is 2. The maximum atomic E-state index is 13.4. The van der Waals surface area contributed by atoms with Gasteiger partial charge in [-0.05, 0) is 61.9 Å². The fourth-order valence-electron chi connectivity index (χ4n) is 5.00. The number of anilines is 1. The van der Waals surface area contributed by atoms with Crippen molar-refractivity contribution in [1.29, 1.82) is 5.26 Å². The summed E-state index contributed by atoms with van der Waals surface area (Å²) >= 11 is 0. The Morgan fingerprint density at radius 1 is 1.21 bits per heavy atom. The molecule has 0 radical (unpaired) electrons. The highest BCUT2D eigenvalue weighted by molar-refractivity contribution is 5.96. The quantitative estimate of drug-likeness (QED) is 0.740. The number of amides is 2. The Kier molecular flexibility index (Phi) is 5.98. The third kappa shape index (κ3) is 4.42. The van der Waals surface area contributed by atoms with E-state index in [1.807, 2.05) is 4.90 Å². The van der Waals surface area contributed by atoms with Crippen LogP contribution < -0.4 is 10.6 Å². The number of hydrogen-bond acceptors (Lipinski definition) is 5. The van der Waals surface area contributed by atoms with Gasteiger partial charge in [-0.3, -0.25) is 9.59 Å². The Labute approximate surface area is 195 Å². The second-order valence-electron chi connectivity index (χ2n) is 9.05. The summed E-state index contributed by atoms with van der Waals surface area (Å²) in [6.07, 6.45) is -3.04. The van der Waals surface area contributed by atoms with Crippen LogP contribution in [0.4, 0.5) is 18.9 Å². The van der Waals surface area contributed by atoms with Gasteiger partial charge < -0.3 is 15.5 Å². The zero-order chi connectivity index (χ0) is 24.7. The summed E-state index contributed by atoms with van der Waals surface area (Å²) in [7, 11) is 0. The molecule has 2 fully saturated rings. The Morgan fingerprint density at radius 3 is 2.50 bits per heavy atom. The third-order valence-electron chi connectivity index (χ3n) is 6.82. The number of aromatic nitrogens is 1. The van der Waals surface area contributed by atoms with E-state index in [1.165, 1.54) is 17.0 Å². The lowest BCUT2D eigenvalue weighted by molar-refractivity contribution is -0.137. The van der Waals surface area contributed by atoms with Crippen molar-refractivity contribution >= 4 is 17.5 Å². The van der Waals surface area contributed by atoms with Crippen LogP contribution in [0.15, 0.2) is 36.4 Å². The minimum Gasteiger partial charge on any atom is -0.371 e. The van der Waals surface area contributed by atoms with Crippen molar-refractivity contribution in [1.82, 2.24) is 9.88 Å². The molecule has 34 heavy (non-hydrogen) atoms. The third-order valence-corrected chi connectivity index (χ3v) is 6.82. The largest absolute Gasteiger partial charge is 0.417 e. The first-order chi connectivity index (χ1) is 16.0. The number of piperidine rings is 1. The average molecular weight is 471 g/mol. The summed E-state index contributed by atoms with van der Waals surface area (Å²) in [5, 5.41) is 9.02. The molecule has 2 N–H and O–H groups in total. The highest BCUT2D eigenvalue weighted by Crippen LogP contribution is 2.45. The Hall–Kier alpha value is -3.61. The molecule has 1 atom stereocenters. The van der Waals surface area contributed by atoms with Crippen LogP contribution in [0.3, 0.4) is 0 Å². The number of hydrogen-bond donors (Lipinski definition) is 1. The summed E-state index contributed by atoms with van der Waals surface area (Å²) in [6, 6.07) is 9.66. The number of primary amides is 1.